The third-order valence-corrected chi connectivity index (χ3v) is 5.23. The fourth-order valence-electron chi connectivity index (χ4n) is 2.84. The molecular formula is C21H19IN2O2. The predicted octanol–water partition coefficient (Wildman–Crippen LogP) is 4.37. The minimum atomic E-state index is -0.0501. The van der Waals surface area contributed by atoms with Gasteiger partial charge in [-0.1, -0.05) is 24.3 Å². The van der Waals surface area contributed by atoms with Crippen molar-refractivity contribution in [3.05, 3.63) is 86.2 Å². The van der Waals surface area contributed by atoms with Gasteiger partial charge in [-0.3, -0.25) is 9.59 Å². The molecule has 0 spiro atoms. The molecular weight excluding hydrogens is 439 g/mol. The molecule has 0 N–H and O–H groups in total. The van der Waals surface area contributed by atoms with Crippen molar-refractivity contribution in [1.29, 1.82) is 0 Å². The maximum absolute atomic E-state index is 13.2. The van der Waals surface area contributed by atoms with Gasteiger partial charge < -0.3 is 9.47 Å². The zero-order valence-corrected chi connectivity index (χ0v) is 16.8. The highest BCUT2D eigenvalue weighted by Gasteiger charge is 2.19. The summed E-state index contributed by atoms with van der Waals surface area (Å²) in [4.78, 5) is 26.7. The number of rotatable bonds is 4. The highest BCUT2D eigenvalue weighted by Crippen LogP contribution is 2.24. The van der Waals surface area contributed by atoms with Gasteiger partial charge in [-0.2, -0.15) is 0 Å². The molecule has 0 saturated heterocycles. The van der Waals surface area contributed by atoms with Crippen LogP contribution in [-0.4, -0.2) is 17.0 Å². The van der Waals surface area contributed by atoms with Gasteiger partial charge in [0.1, 0.15) is 0 Å². The molecule has 26 heavy (non-hydrogen) atoms. The molecule has 0 saturated carbocycles. The molecule has 1 aromatic heterocycles. The van der Waals surface area contributed by atoms with Crippen LogP contribution in [0.25, 0.3) is 10.9 Å². The fraction of sp³-hybridized carbons (Fsp3) is 0.143. The second kappa shape index (κ2) is 7.86. The summed E-state index contributed by atoms with van der Waals surface area (Å²) >= 11 is 2.18. The molecule has 132 valence electrons. The lowest BCUT2D eigenvalue weighted by Gasteiger charge is -2.23. The normalized spacial score (nSPS) is 11.2. The van der Waals surface area contributed by atoms with Crippen molar-refractivity contribution in [2.24, 2.45) is 7.05 Å². The van der Waals surface area contributed by atoms with E-state index >= 15 is 0 Å². The molecule has 1 heterocycles. The Morgan fingerprint density at radius 3 is 2.65 bits per heavy atom. The van der Waals surface area contributed by atoms with Crippen LogP contribution in [0.3, 0.4) is 0 Å². The third kappa shape index (κ3) is 3.58. The molecule has 2 aromatic carbocycles. The summed E-state index contributed by atoms with van der Waals surface area (Å²) in [5.74, 6) is -0.0442. The zero-order chi connectivity index (χ0) is 18.7. The molecule has 0 atom stereocenters. The smallest absolute Gasteiger partial charge is 0.259 e. The minimum Gasteiger partial charge on any atom is -0.311 e. The van der Waals surface area contributed by atoms with Crippen LogP contribution < -0.4 is 10.5 Å². The standard InChI is InChI=1S/C21H19IN2O2/c1-3-4-13-24(21(26)17-7-5-6-8-18(17)22)16-10-11-19-15(14-16)9-12-20(25)23(19)2/h3-12,14H,13H2,1-2H3/b4-3-. The van der Waals surface area contributed by atoms with Gasteiger partial charge in [0, 0.05) is 34.3 Å². The number of hydrogen-bond acceptors (Lipinski definition) is 2. The van der Waals surface area contributed by atoms with Crippen LogP contribution in [0.1, 0.15) is 17.3 Å². The summed E-state index contributed by atoms with van der Waals surface area (Å²) < 4.78 is 2.53. The number of anilines is 1. The number of allylic oxidation sites excluding steroid dienone is 1. The fourth-order valence-corrected chi connectivity index (χ4v) is 3.45. The van der Waals surface area contributed by atoms with E-state index in [2.05, 4.69) is 22.6 Å². The summed E-state index contributed by atoms with van der Waals surface area (Å²) in [6, 6.07) is 16.6. The Bertz CT molecular complexity index is 1050. The van der Waals surface area contributed by atoms with Crippen molar-refractivity contribution in [1.82, 2.24) is 4.57 Å². The SMILES string of the molecule is C/C=C\CN(C(=O)c1ccccc1I)c1ccc2c(ccc(=O)n2C)c1. The summed E-state index contributed by atoms with van der Waals surface area (Å²) in [5.41, 5.74) is 2.27. The average molecular weight is 458 g/mol. The average Bonchev–Trinajstić information content (AvgIpc) is 2.65. The monoisotopic (exact) mass is 458 g/mol. The molecule has 1 amide bonds. The van der Waals surface area contributed by atoms with Gasteiger partial charge >= 0.3 is 0 Å². The second-order valence-corrected chi connectivity index (χ2v) is 7.10. The number of carbonyl (C=O) groups is 1. The van der Waals surface area contributed by atoms with E-state index in [1.54, 1.807) is 28.6 Å². The number of aryl methyl sites for hydroxylation is 1. The number of halogens is 1. The first kappa shape index (κ1) is 18.4. The van der Waals surface area contributed by atoms with Crippen molar-refractivity contribution < 1.29 is 4.79 Å². The van der Waals surface area contributed by atoms with E-state index in [0.29, 0.717) is 12.1 Å². The number of benzene rings is 2. The molecule has 3 aromatic rings. The maximum Gasteiger partial charge on any atom is 0.259 e. The molecule has 0 bridgehead atoms. The van der Waals surface area contributed by atoms with E-state index in [-0.39, 0.29) is 11.5 Å². The zero-order valence-electron chi connectivity index (χ0n) is 14.6. The van der Waals surface area contributed by atoms with E-state index in [9.17, 15) is 9.59 Å². The van der Waals surface area contributed by atoms with Gasteiger partial charge in [-0.25, -0.2) is 0 Å². The van der Waals surface area contributed by atoms with E-state index < -0.39 is 0 Å². The first-order valence-electron chi connectivity index (χ1n) is 8.30. The lowest BCUT2D eigenvalue weighted by Crippen LogP contribution is -2.31. The summed E-state index contributed by atoms with van der Waals surface area (Å²) in [6.45, 7) is 2.42. The molecule has 0 radical (unpaired) electrons. The molecule has 0 unspecified atom stereocenters. The van der Waals surface area contributed by atoms with E-state index in [1.807, 2.05) is 61.5 Å². The summed E-state index contributed by atoms with van der Waals surface area (Å²) in [7, 11) is 1.75. The van der Waals surface area contributed by atoms with Crippen LogP contribution in [0.5, 0.6) is 0 Å². The Morgan fingerprint density at radius 2 is 1.92 bits per heavy atom. The first-order chi connectivity index (χ1) is 12.5. The van der Waals surface area contributed by atoms with Gasteiger partial charge in [-0.05, 0) is 65.9 Å². The van der Waals surface area contributed by atoms with Crippen LogP contribution in [0, 0.1) is 3.57 Å². The molecule has 3 rings (SSSR count). The lowest BCUT2D eigenvalue weighted by atomic mass is 10.1. The second-order valence-electron chi connectivity index (χ2n) is 5.94. The molecule has 0 fully saturated rings. The highest BCUT2D eigenvalue weighted by molar-refractivity contribution is 14.1. The maximum atomic E-state index is 13.2. The van der Waals surface area contributed by atoms with Gasteiger partial charge in [-0.15, -0.1) is 0 Å². The number of fused-ring (bicyclic) bond motifs is 1. The number of amides is 1. The van der Waals surface area contributed by atoms with Crippen molar-refractivity contribution in [3.63, 3.8) is 0 Å². The topological polar surface area (TPSA) is 42.3 Å². The molecule has 5 heteroatoms. The first-order valence-corrected chi connectivity index (χ1v) is 9.38. The number of hydrogen-bond donors (Lipinski definition) is 0. The van der Waals surface area contributed by atoms with Crippen molar-refractivity contribution in [3.8, 4) is 0 Å². The van der Waals surface area contributed by atoms with Gasteiger partial charge in [0.2, 0.25) is 0 Å². The van der Waals surface area contributed by atoms with Crippen LogP contribution in [0.2, 0.25) is 0 Å². The Morgan fingerprint density at radius 1 is 1.15 bits per heavy atom. The molecule has 0 aliphatic rings. The lowest BCUT2D eigenvalue weighted by molar-refractivity contribution is 0.0989. The Balaban J connectivity index is 2.09. The van der Waals surface area contributed by atoms with Gasteiger partial charge in [0.05, 0.1) is 11.1 Å². The predicted molar refractivity (Wildman–Crippen MR) is 115 cm³/mol. The summed E-state index contributed by atoms with van der Waals surface area (Å²) in [5, 5.41) is 0.922. The highest BCUT2D eigenvalue weighted by atomic mass is 127. The third-order valence-electron chi connectivity index (χ3n) is 4.29. The van der Waals surface area contributed by atoms with Crippen LogP contribution in [0.4, 0.5) is 5.69 Å². The van der Waals surface area contributed by atoms with Gasteiger partial charge in [0.15, 0.2) is 0 Å². The molecule has 0 aliphatic heterocycles. The molecule has 0 aliphatic carbocycles. The Kier molecular flexibility index (Phi) is 5.56. The number of carbonyl (C=O) groups excluding carboxylic acids is 1. The minimum absolute atomic E-state index is 0.0442. The Labute approximate surface area is 165 Å². The van der Waals surface area contributed by atoms with E-state index in [4.69, 9.17) is 0 Å². The number of pyridine rings is 1. The van der Waals surface area contributed by atoms with E-state index in [1.165, 1.54) is 0 Å². The number of aromatic nitrogens is 1. The van der Waals surface area contributed by atoms with Crippen LogP contribution in [-0.2, 0) is 7.05 Å². The quantitative estimate of drug-likeness (QED) is 0.431. The largest absolute Gasteiger partial charge is 0.311 e. The van der Waals surface area contributed by atoms with Crippen molar-refractivity contribution in [2.75, 3.05) is 11.4 Å². The van der Waals surface area contributed by atoms with Crippen molar-refractivity contribution >= 4 is 45.1 Å². The van der Waals surface area contributed by atoms with Gasteiger partial charge in [0.25, 0.3) is 11.5 Å². The van der Waals surface area contributed by atoms with Crippen molar-refractivity contribution in [2.45, 2.75) is 6.92 Å². The van der Waals surface area contributed by atoms with E-state index in [0.717, 1.165) is 20.2 Å². The summed E-state index contributed by atoms with van der Waals surface area (Å²) in [6.07, 6.45) is 3.89. The Hall–Kier alpha value is -2.41. The molecule has 4 nitrogen and oxygen atoms in total. The number of nitrogens with zero attached hydrogens (tertiary/aromatic N) is 2. The van der Waals surface area contributed by atoms with Crippen LogP contribution in [0.15, 0.2) is 71.5 Å². The van der Waals surface area contributed by atoms with Crippen LogP contribution >= 0.6 is 22.6 Å².